The van der Waals surface area contributed by atoms with Crippen LogP contribution in [0.4, 0.5) is 13.2 Å². The lowest BCUT2D eigenvalue weighted by atomic mass is 9.89. The second-order valence-corrected chi connectivity index (χ2v) is 6.00. The van der Waals surface area contributed by atoms with Crippen LogP contribution in [0.2, 0.25) is 0 Å². The second kappa shape index (κ2) is 8.69. The van der Waals surface area contributed by atoms with E-state index in [9.17, 15) is 23.1 Å². The molecule has 8 heteroatoms. The Labute approximate surface area is 129 Å². The number of methoxy groups -OCH3 is 1. The van der Waals surface area contributed by atoms with Crippen LogP contribution in [0.1, 0.15) is 12.8 Å². The Morgan fingerprint density at radius 2 is 2.00 bits per heavy atom. The van der Waals surface area contributed by atoms with Gasteiger partial charge in [0.1, 0.15) is 6.42 Å². The minimum atomic E-state index is -4.49. The molecule has 1 saturated heterocycles. The number of carbonyl (C=O) groups excluding carboxylic acids is 1. The van der Waals surface area contributed by atoms with E-state index in [0.29, 0.717) is 32.7 Å². The molecule has 130 valence electrons. The molecule has 1 fully saturated rings. The summed E-state index contributed by atoms with van der Waals surface area (Å²) in [4.78, 5) is 15.0. The largest absolute Gasteiger partial charge is 0.397 e. The zero-order chi connectivity index (χ0) is 16.8. The van der Waals surface area contributed by atoms with Gasteiger partial charge in [0.05, 0.1) is 6.61 Å². The monoisotopic (exact) mass is 326 g/mol. The van der Waals surface area contributed by atoms with Crippen LogP contribution in [0.3, 0.4) is 0 Å². The number of alkyl halides is 3. The molecular weight excluding hydrogens is 301 g/mol. The highest BCUT2D eigenvalue weighted by Gasteiger charge is 2.37. The average Bonchev–Trinajstić information content (AvgIpc) is 2.42. The number of piperidine rings is 1. The van der Waals surface area contributed by atoms with E-state index in [0.717, 1.165) is 0 Å². The fourth-order valence-corrected chi connectivity index (χ4v) is 2.85. The van der Waals surface area contributed by atoms with Crippen molar-refractivity contribution in [1.82, 2.24) is 9.80 Å². The highest BCUT2D eigenvalue weighted by molar-refractivity contribution is 5.77. The van der Waals surface area contributed by atoms with Gasteiger partial charge in [-0.2, -0.15) is 13.2 Å². The zero-order valence-corrected chi connectivity index (χ0v) is 13.1. The second-order valence-electron chi connectivity index (χ2n) is 6.00. The zero-order valence-electron chi connectivity index (χ0n) is 13.1. The van der Waals surface area contributed by atoms with Crippen LogP contribution < -0.4 is 0 Å². The van der Waals surface area contributed by atoms with Crippen LogP contribution in [0.25, 0.3) is 0 Å². The highest BCUT2D eigenvalue weighted by atomic mass is 19.4. The summed E-state index contributed by atoms with van der Waals surface area (Å²) in [6.07, 6.45) is -5.21. The first kappa shape index (κ1) is 19.2. The van der Waals surface area contributed by atoms with Crippen LogP contribution in [0.15, 0.2) is 0 Å². The van der Waals surface area contributed by atoms with Gasteiger partial charge in [-0.15, -0.1) is 0 Å². The first-order valence-electron chi connectivity index (χ1n) is 7.38. The maximum absolute atomic E-state index is 12.4. The summed E-state index contributed by atoms with van der Waals surface area (Å²) in [5.74, 6) is -1.01. The van der Waals surface area contributed by atoms with E-state index in [1.54, 1.807) is 7.11 Å². The summed E-state index contributed by atoms with van der Waals surface area (Å²) < 4.78 is 42.1. The molecule has 0 aromatic rings. The first-order chi connectivity index (χ1) is 10.2. The lowest BCUT2D eigenvalue weighted by Crippen LogP contribution is -2.48. The number of likely N-dealkylation sites (tertiary alicyclic amines) is 1. The third-order valence-corrected chi connectivity index (χ3v) is 3.83. The van der Waals surface area contributed by atoms with Crippen molar-refractivity contribution in [3.63, 3.8) is 0 Å². The molecule has 0 bridgehead atoms. The molecule has 1 N–H and O–H groups in total. The Morgan fingerprint density at radius 1 is 1.36 bits per heavy atom. The molecule has 0 saturated carbocycles. The van der Waals surface area contributed by atoms with Gasteiger partial charge in [-0.3, -0.25) is 4.79 Å². The van der Waals surface area contributed by atoms with E-state index >= 15 is 0 Å². The van der Waals surface area contributed by atoms with E-state index < -0.39 is 18.5 Å². The molecule has 1 aliphatic heterocycles. The number of carbonyl (C=O) groups is 1. The number of hydrogen-bond acceptors (Lipinski definition) is 4. The maximum Gasteiger partial charge on any atom is 0.397 e. The predicted octanol–water partition coefficient (Wildman–Crippen LogP) is 0.974. The summed E-state index contributed by atoms with van der Waals surface area (Å²) >= 11 is 0. The molecule has 22 heavy (non-hydrogen) atoms. The van der Waals surface area contributed by atoms with Crippen LogP contribution >= 0.6 is 0 Å². The quantitative estimate of drug-likeness (QED) is 0.758. The van der Waals surface area contributed by atoms with E-state index in [-0.39, 0.29) is 25.0 Å². The number of halogens is 3. The number of amides is 1. The molecule has 0 aromatic carbocycles. The minimum Gasteiger partial charge on any atom is -0.396 e. The van der Waals surface area contributed by atoms with Crippen LogP contribution in [0.5, 0.6) is 0 Å². The van der Waals surface area contributed by atoms with Gasteiger partial charge < -0.3 is 19.6 Å². The topological polar surface area (TPSA) is 53.0 Å². The Morgan fingerprint density at radius 3 is 2.55 bits per heavy atom. The van der Waals surface area contributed by atoms with E-state index in [4.69, 9.17) is 4.74 Å². The Balaban J connectivity index is 2.58. The Hall–Kier alpha value is -0.860. The van der Waals surface area contributed by atoms with Crippen molar-refractivity contribution in [2.24, 2.45) is 11.8 Å². The lowest BCUT2D eigenvalue weighted by molar-refractivity contribution is -0.163. The van der Waals surface area contributed by atoms with Gasteiger partial charge in [-0.05, 0) is 25.3 Å². The third-order valence-electron chi connectivity index (χ3n) is 3.83. The normalized spacial score (nSPS) is 23.1. The van der Waals surface area contributed by atoms with Gasteiger partial charge in [-0.1, -0.05) is 0 Å². The molecule has 0 unspecified atom stereocenters. The number of aliphatic hydroxyl groups is 1. The minimum absolute atomic E-state index is 0.0601. The summed E-state index contributed by atoms with van der Waals surface area (Å²) in [5, 5.41) is 9.32. The van der Waals surface area contributed by atoms with Gasteiger partial charge in [0.25, 0.3) is 0 Å². The SMILES string of the molecule is COCCN(C)C[C@H]1C[C@@H](CO)CN(C(=O)CC(F)(F)F)C1. The van der Waals surface area contributed by atoms with Crippen molar-refractivity contribution in [2.45, 2.75) is 19.0 Å². The van der Waals surface area contributed by atoms with Crippen molar-refractivity contribution < 1.29 is 27.8 Å². The molecule has 1 heterocycles. The van der Waals surface area contributed by atoms with E-state index in [1.807, 2.05) is 11.9 Å². The molecule has 1 rings (SSSR count). The highest BCUT2D eigenvalue weighted by Crippen LogP contribution is 2.26. The molecule has 0 aliphatic carbocycles. The van der Waals surface area contributed by atoms with Gasteiger partial charge in [0.15, 0.2) is 0 Å². The summed E-state index contributed by atoms with van der Waals surface area (Å²) in [6.45, 7) is 2.34. The van der Waals surface area contributed by atoms with Crippen molar-refractivity contribution in [3.8, 4) is 0 Å². The molecule has 5 nitrogen and oxygen atoms in total. The molecule has 2 atom stereocenters. The Bertz CT molecular complexity index is 353. The lowest BCUT2D eigenvalue weighted by Gasteiger charge is -2.38. The molecule has 0 spiro atoms. The number of aliphatic hydroxyl groups excluding tert-OH is 1. The predicted molar refractivity (Wildman–Crippen MR) is 75.3 cm³/mol. The van der Waals surface area contributed by atoms with Crippen LogP contribution in [0, 0.1) is 11.8 Å². The van der Waals surface area contributed by atoms with Crippen LogP contribution in [-0.4, -0.2) is 80.5 Å². The number of hydrogen-bond donors (Lipinski definition) is 1. The van der Waals surface area contributed by atoms with Crippen molar-refractivity contribution in [3.05, 3.63) is 0 Å². The molecular formula is C14H25F3N2O3. The number of rotatable bonds is 7. The fraction of sp³-hybridized carbons (Fsp3) is 0.929. The fourth-order valence-electron chi connectivity index (χ4n) is 2.85. The summed E-state index contributed by atoms with van der Waals surface area (Å²) in [7, 11) is 3.51. The summed E-state index contributed by atoms with van der Waals surface area (Å²) in [5.41, 5.74) is 0. The van der Waals surface area contributed by atoms with Crippen molar-refractivity contribution in [1.29, 1.82) is 0 Å². The standard InChI is InChI=1S/C14H25F3N2O3/c1-18(3-4-22-2)7-11-5-12(10-20)9-19(8-11)13(21)6-14(15,16)17/h11-12,20H,3-10H2,1-2H3/t11-,12-/m1/s1. The Kier molecular flexibility index (Phi) is 7.58. The number of likely N-dealkylation sites (N-methyl/N-ethyl adjacent to an activating group) is 1. The van der Waals surface area contributed by atoms with Gasteiger partial charge in [-0.25, -0.2) is 0 Å². The van der Waals surface area contributed by atoms with Gasteiger partial charge >= 0.3 is 6.18 Å². The van der Waals surface area contributed by atoms with Crippen LogP contribution in [-0.2, 0) is 9.53 Å². The smallest absolute Gasteiger partial charge is 0.396 e. The third kappa shape index (κ3) is 6.93. The van der Waals surface area contributed by atoms with E-state index in [1.165, 1.54) is 4.90 Å². The first-order valence-corrected chi connectivity index (χ1v) is 7.38. The van der Waals surface area contributed by atoms with E-state index in [2.05, 4.69) is 0 Å². The molecule has 1 amide bonds. The summed E-state index contributed by atoms with van der Waals surface area (Å²) in [6, 6.07) is 0. The molecule has 0 radical (unpaired) electrons. The van der Waals surface area contributed by atoms with Gasteiger partial charge in [0, 0.05) is 39.9 Å². The van der Waals surface area contributed by atoms with Crippen molar-refractivity contribution >= 4 is 5.91 Å². The molecule has 0 aromatic heterocycles. The maximum atomic E-state index is 12.4. The molecule has 1 aliphatic rings. The van der Waals surface area contributed by atoms with Crippen molar-refractivity contribution in [2.75, 3.05) is 53.6 Å². The number of nitrogens with zero attached hydrogens (tertiary/aromatic N) is 2. The number of ether oxygens (including phenoxy) is 1. The average molecular weight is 326 g/mol. The van der Waals surface area contributed by atoms with Gasteiger partial charge in [0.2, 0.25) is 5.91 Å².